The number of carboxylic acid groups (broad SMARTS) is 1. The Balaban J connectivity index is 1.81. The molecule has 0 saturated heterocycles. The van der Waals surface area contributed by atoms with Gasteiger partial charge in [-0.2, -0.15) is 0 Å². The average molecular weight is 383 g/mol. The highest BCUT2D eigenvalue weighted by molar-refractivity contribution is 7.20. The maximum absolute atomic E-state index is 13.2. The molecule has 27 heavy (non-hydrogen) atoms. The highest BCUT2D eigenvalue weighted by Crippen LogP contribution is 2.31. The first kappa shape index (κ1) is 17.4. The molecule has 2 aromatic heterocycles. The van der Waals surface area contributed by atoms with Crippen molar-refractivity contribution in [2.75, 3.05) is 0 Å². The molecule has 1 aromatic carbocycles. The van der Waals surface area contributed by atoms with Crippen LogP contribution in [0.2, 0.25) is 0 Å². The highest BCUT2D eigenvalue weighted by Gasteiger charge is 2.36. The van der Waals surface area contributed by atoms with Gasteiger partial charge in [0.25, 0.3) is 11.5 Å². The normalized spacial score (nSPS) is 16.4. The summed E-state index contributed by atoms with van der Waals surface area (Å²) in [5.74, 6) is -1.41. The Labute approximate surface area is 158 Å². The van der Waals surface area contributed by atoms with E-state index in [1.807, 2.05) is 24.3 Å². The topological polar surface area (TPSA) is 92.5 Å². The molecule has 0 radical (unpaired) electrons. The van der Waals surface area contributed by atoms with Crippen LogP contribution < -0.4 is 5.56 Å². The minimum Gasteiger partial charge on any atom is -0.480 e. The Hall–Kier alpha value is -3.00. The first-order valence-corrected chi connectivity index (χ1v) is 9.25. The van der Waals surface area contributed by atoms with Crippen molar-refractivity contribution < 1.29 is 14.7 Å². The first-order chi connectivity index (χ1) is 12.9. The number of rotatable bonds is 2. The Morgan fingerprint density at radius 2 is 1.96 bits per heavy atom. The average Bonchev–Trinajstić information content (AvgIpc) is 3.00. The third-order valence-electron chi connectivity index (χ3n) is 5.00. The zero-order chi connectivity index (χ0) is 19.3. The standard InChI is InChI=1S/C19H17N3O4S/c1-10-14-16(20-9-21(2)17(14)23)27-15(10)18(24)22-8-12-6-4-3-5-11(12)7-13(22)19(25)26/h3-6,9,13H,7-8H2,1-2H3,(H,25,26). The van der Waals surface area contributed by atoms with Crippen LogP contribution in [0, 0.1) is 6.92 Å². The molecule has 0 saturated carbocycles. The summed E-state index contributed by atoms with van der Waals surface area (Å²) >= 11 is 1.13. The number of amides is 1. The third kappa shape index (κ3) is 2.73. The number of nitrogens with zero attached hydrogens (tertiary/aromatic N) is 3. The first-order valence-electron chi connectivity index (χ1n) is 8.43. The minimum atomic E-state index is -1.04. The van der Waals surface area contributed by atoms with Crippen molar-refractivity contribution in [3.63, 3.8) is 0 Å². The van der Waals surface area contributed by atoms with Gasteiger partial charge in [-0.1, -0.05) is 24.3 Å². The van der Waals surface area contributed by atoms with Crippen LogP contribution in [-0.2, 0) is 24.8 Å². The highest BCUT2D eigenvalue weighted by atomic mass is 32.1. The van der Waals surface area contributed by atoms with Crippen LogP contribution in [0.5, 0.6) is 0 Å². The summed E-state index contributed by atoms with van der Waals surface area (Å²) in [7, 11) is 1.61. The molecule has 1 amide bonds. The van der Waals surface area contributed by atoms with Crippen molar-refractivity contribution in [2.24, 2.45) is 7.05 Å². The zero-order valence-electron chi connectivity index (χ0n) is 14.8. The van der Waals surface area contributed by atoms with Crippen LogP contribution >= 0.6 is 11.3 Å². The van der Waals surface area contributed by atoms with Crippen molar-refractivity contribution >= 4 is 33.4 Å². The fraction of sp³-hybridized carbons (Fsp3) is 0.263. The molecule has 4 rings (SSSR count). The second kappa shape index (κ2) is 6.31. The minimum absolute atomic E-state index is 0.216. The van der Waals surface area contributed by atoms with E-state index in [-0.39, 0.29) is 24.4 Å². The van der Waals surface area contributed by atoms with Crippen LogP contribution in [0.3, 0.4) is 0 Å². The molecule has 7 nitrogen and oxygen atoms in total. The van der Waals surface area contributed by atoms with Gasteiger partial charge in [-0.25, -0.2) is 9.78 Å². The van der Waals surface area contributed by atoms with Crippen molar-refractivity contribution in [1.82, 2.24) is 14.5 Å². The number of aryl methyl sites for hydroxylation is 2. The second-order valence-electron chi connectivity index (χ2n) is 6.66. The Kier molecular flexibility index (Phi) is 4.07. The Bertz CT molecular complexity index is 1150. The molecular weight excluding hydrogens is 366 g/mol. The molecule has 1 unspecified atom stereocenters. The van der Waals surface area contributed by atoms with E-state index >= 15 is 0 Å². The summed E-state index contributed by atoms with van der Waals surface area (Å²) < 4.78 is 1.37. The summed E-state index contributed by atoms with van der Waals surface area (Å²) in [6.07, 6.45) is 1.69. The van der Waals surface area contributed by atoms with E-state index in [4.69, 9.17) is 0 Å². The summed E-state index contributed by atoms with van der Waals surface area (Å²) in [4.78, 5) is 43.9. The lowest BCUT2D eigenvalue weighted by molar-refractivity contribution is -0.142. The van der Waals surface area contributed by atoms with Gasteiger partial charge in [0.1, 0.15) is 10.9 Å². The third-order valence-corrected chi connectivity index (χ3v) is 6.19. The van der Waals surface area contributed by atoms with Crippen molar-refractivity contribution in [3.8, 4) is 0 Å². The number of carboxylic acids is 1. The van der Waals surface area contributed by atoms with Crippen molar-refractivity contribution in [1.29, 1.82) is 0 Å². The summed E-state index contributed by atoms with van der Waals surface area (Å²) in [5, 5.41) is 10.1. The molecule has 0 fully saturated rings. The SMILES string of the molecule is Cc1c(C(=O)N2Cc3ccccc3CC2C(=O)O)sc2ncn(C)c(=O)c12. The van der Waals surface area contributed by atoms with Crippen LogP contribution in [0.1, 0.15) is 26.4 Å². The molecule has 0 aliphatic carbocycles. The molecule has 8 heteroatoms. The van der Waals surface area contributed by atoms with Crippen LogP contribution in [0.25, 0.3) is 10.2 Å². The maximum Gasteiger partial charge on any atom is 0.326 e. The van der Waals surface area contributed by atoms with E-state index in [9.17, 15) is 19.5 Å². The lowest BCUT2D eigenvalue weighted by Gasteiger charge is -2.34. The van der Waals surface area contributed by atoms with Crippen molar-refractivity contribution in [2.45, 2.75) is 25.9 Å². The zero-order valence-corrected chi connectivity index (χ0v) is 15.6. The maximum atomic E-state index is 13.2. The molecule has 1 N–H and O–H groups in total. The van der Waals surface area contributed by atoms with Gasteiger partial charge < -0.3 is 14.6 Å². The number of aliphatic carboxylic acids is 1. The molecule has 1 aliphatic rings. The van der Waals surface area contributed by atoms with E-state index in [0.717, 1.165) is 22.5 Å². The molecule has 0 bridgehead atoms. The fourth-order valence-corrected chi connectivity index (χ4v) is 4.60. The molecule has 1 aliphatic heterocycles. The smallest absolute Gasteiger partial charge is 0.326 e. The molecule has 138 valence electrons. The molecule has 0 spiro atoms. The Morgan fingerprint density at radius 1 is 1.26 bits per heavy atom. The number of aromatic nitrogens is 2. The predicted molar refractivity (Wildman–Crippen MR) is 101 cm³/mol. The van der Waals surface area contributed by atoms with Gasteiger partial charge >= 0.3 is 5.97 Å². The molecular formula is C19H17N3O4S. The number of carbonyl (C=O) groups is 2. The van der Waals surface area contributed by atoms with Gasteiger partial charge in [0, 0.05) is 20.0 Å². The van der Waals surface area contributed by atoms with Gasteiger partial charge in [0.05, 0.1) is 16.6 Å². The number of hydrogen-bond donors (Lipinski definition) is 1. The van der Waals surface area contributed by atoms with E-state index < -0.39 is 12.0 Å². The van der Waals surface area contributed by atoms with Crippen LogP contribution in [0.4, 0.5) is 0 Å². The number of hydrogen-bond acceptors (Lipinski definition) is 5. The van der Waals surface area contributed by atoms with Gasteiger partial charge in [-0.05, 0) is 23.6 Å². The van der Waals surface area contributed by atoms with Gasteiger partial charge in [-0.15, -0.1) is 11.3 Å². The number of thiophene rings is 1. The lowest BCUT2D eigenvalue weighted by atomic mass is 9.93. The molecule has 3 aromatic rings. The Morgan fingerprint density at radius 3 is 2.67 bits per heavy atom. The molecule has 1 atom stereocenters. The summed E-state index contributed by atoms with van der Waals surface area (Å²) in [6.45, 7) is 1.94. The summed E-state index contributed by atoms with van der Waals surface area (Å²) in [5.41, 5.74) is 2.22. The van der Waals surface area contributed by atoms with Crippen molar-refractivity contribution in [3.05, 3.63) is 62.5 Å². The van der Waals surface area contributed by atoms with E-state index in [1.165, 1.54) is 15.8 Å². The lowest BCUT2D eigenvalue weighted by Crippen LogP contribution is -2.48. The van der Waals surface area contributed by atoms with E-state index in [2.05, 4.69) is 4.98 Å². The van der Waals surface area contributed by atoms with Gasteiger partial charge in [0.2, 0.25) is 0 Å². The van der Waals surface area contributed by atoms with Crippen LogP contribution in [-0.4, -0.2) is 37.5 Å². The van der Waals surface area contributed by atoms with Gasteiger partial charge in [0.15, 0.2) is 0 Å². The monoisotopic (exact) mass is 383 g/mol. The van der Waals surface area contributed by atoms with Gasteiger partial charge in [-0.3, -0.25) is 9.59 Å². The fourth-order valence-electron chi connectivity index (χ4n) is 3.50. The largest absolute Gasteiger partial charge is 0.480 e. The molecule has 3 heterocycles. The van der Waals surface area contributed by atoms with Crippen LogP contribution in [0.15, 0.2) is 35.4 Å². The summed E-state index contributed by atoms with van der Waals surface area (Å²) in [6, 6.07) is 6.61. The predicted octanol–water partition coefficient (Wildman–Crippen LogP) is 1.96. The number of carbonyl (C=O) groups excluding carboxylic acids is 1. The number of fused-ring (bicyclic) bond motifs is 2. The van der Waals surface area contributed by atoms with E-state index in [0.29, 0.717) is 20.7 Å². The quantitative estimate of drug-likeness (QED) is 0.730. The van der Waals surface area contributed by atoms with E-state index in [1.54, 1.807) is 14.0 Å². The second-order valence-corrected chi connectivity index (χ2v) is 7.66. The number of benzene rings is 1.